The fourth-order valence-corrected chi connectivity index (χ4v) is 1.57. The molecule has 0 radical (unpaired) electrons. The van der Waals surface area contributed by atoms with Crippen LogP contribution in [0.25, 0.3) is 0 Å². The van der Waals surface area contributed by atoms with Gasteiger partial charge in [0.2, 0.25) is 0 Å². The molecule has 0 spiro atoms. The molecular formula is C11H13ClO2S. The van der Waals surface area contributed by atoms with Crippen molar-refractivity contribution in [2.75, 3.05) is 18.6 Å². The van der Waals surface area contributed by atoms with E-state index in [1.807, 2.05) is 6.26 Å². The number of rotatable bonds is 5. The zero-order valence-corrected chi connectivity index (χ0v) is 10.1. The molecule has 1 aromatic rings. The van der Waals surface area contributed by atoms with Crippen molar-refractivity contribution in [2.24, 2.45) is 0 Å². The maximum atomic E-state index is 11.4. The van der Waals surface area contributed by atoms with Gasteiger partial charge < -0.3 is 4.74 Å². The van der Waals surface area contributed by atoms with Crippen molar-refractivity contribution in [3.8, 4) is 0 Å². The number of benzene rings is 1. The van der Waals surface area contributed by atoms with Crippen molar-refractivity contribution < 1.29 is 9.53 Å². The van der Waals surface area contributed by atoms with Gasteiger partial charge in [-0.3, -0.25) is 0 Å². The summed E-state index contributed by atoms with van der Waals surface area (Å²) in [4.78, 5) is 11.4. The molecule has 0 aliphatic carbocycles. The topological polar surface area (TPSA) is 26.3 Å². The van der Waals surface area contributed by atoms with Crippen LogP contribution in [0.2, 0.25) is 5.02 Å². The van der Waals surface area contributed by atoms with Gasteiger partial charge in [0.25, 0.3) is 0 Å². The lowest BCUT2D eigenvalue weighted by Crippen LogP contribution is -2.06. The third-order valence-electron chi connectivity index (χ3n) is 1.81. The number of hydrogen-bond donors (Lipinski definition) is 0. The maximum Gasteiger partial charge on any atom is 0.338 e. The summed E-state index contributed by atoms with van der Waals surface area (Å²) < 4.78 is 5.07. The highest BCUT2D eigenvalue weighted by Crippen LogP contribution is 2.10. The highest BCUT2D eigenvalue weighted by molar-refractivity contribution is 7.98. The molecule has 0 atom stereocenters. The van der Waals surface area contributed by atoms with Crippen LogP contribution in [0.1, 0.15) is 16.8 Å². The molecule has 1 aromatic carbocycles. The number of thioether (sulfide) groups is 1. The van der Waals surface area contributed by atoms with Gasteiger partial charge in [0, 0.05) is 5.02 Å². The van der Waals surface area contributed by atoms with Crippen molar-refractivity contribution in [3.63, 3.8) is 0 Å². The molecule has 2 nitrogen and oxygen atoms in total. The molecule has 0 saturated carbocycles. The second kappa shape index (κ2) is 6.75. The smallest absolute Gasteiger partial charge is 0.338 e. The Balaban J connectivity index is 2.37. The van der Waals surface area contributed by atoms with Gasteiger partial charge in [-0.2, -0.15) is 11.8 Å². The fraction of sp³-hybridized carbons (Fsp3) is 0.364. The first-order valence-corrected chi connectivity index (χ1v) is 6.43. The number of carbonyl (C=O) groups is 1. The Kier molecular flexibility index (Phi) is 5.58. The quantitative estimate of drug-likeness (QED) is 0.588. The van der Waals surface area contributed by atoms with E-state index in [4.69, 9.17) is 16.3 Å². The molecule has 0 aliphatic heterocycles. The molecule has 0 aliphatic rings. The fourth-order valence-electron chi connectivity index (χ4n) is 1.04. The summed E-state index contributed by atoms with van der Waals surface area (Å²) >= 11 is 7.45. The Morgan fingerprint density at radius 3 is 2.67 bits per heavy atom. The van der Waals surface area contributed by atoms with Crippen LogP contribution < -0.4 is 0 Å². The molecule has 1 rings (SSSR count). The first kappa shape index (κ1) is 12.4. The molecule has 0 saturated heterocycles. The first-order valence-electron chi connectivity index (χ1n) is 4.65. The largest absolute Gasteiger partial charge is 0.462 e. The van der Waals surface area contributed by atoms with E-state index in [0.717, 1.165) is 12.2 Å². The minimum Gasteiger partial charge on any atom is -0.462 e. The lowest BCUT2D eigenvalue weighted by atomic mass is 10.2. The molecule has 0 aromatic heterocycles. The van der Waals surface area contributed by atoms with E-state index >= 15 is 0 Å². The lowest BCUT2D eigenvalue weighted by molar-refractivity contribution is 0.0506. The molecule has 0 heterocycles. The first-order chi connectivity index (χ1) is 7.24. The monoisotopic (exact) mass is 244 g/mol. The Morgan fingerprint density at radius 2 is 2.07 bits per heavy atom. The lowest BCUT2D eigenvalue weighted by Gasteiger charge is -2.03. The average molecular weight is 245 g/mol. The Hall–Kier alpha value is -0.670. The van der Waals surface area contributed by atoms with Crippen LogP contribution in [0.5, 0.6) is 0 Å². The van der Waals surface area contributed by atoms with Crippen LogP contribution in [-0.2, 0) is 4.74 Å². The minimum atomic E-state index is -0.284. The number of esters is 1. The van der Waals surface area contributed by atoms with Crippen molar-refractivity contribution in [3.05, 3.63) is 34.9 Å². The predicted octanol–water partition coefficient (Wildman–Crippen LogP) is 3.25. The molecule has 0 unspecified atom stereocenters. The van der Waals surface area contributed by atoms with Crippen LogP contribution in [0, 0.1) is 0 Å². The summed E-state index contributed by atoms with van der Waals surface area (Å²) in [5.41, 5.74) is 0.545. The van der Waals surface area contributed by atoms with E-state index in [0.29, 0.717) is 17.2 Å². The molecule has 0 amide bonds. The summed E-state index contributed by atoms with van der Waals surface area (Å²) in [5.74, 6) is 0.723. The van der Waals surface area contributed by atoms with Gasteiger partial charge in [-0.15, -0.1) is 0 Å². The van der Waals surface area contributed by atoms with Crippen molar-refractivity contribution in [2.45, 2.75) is 6.42 Å². The van der Waals surface area contributed by atoms with E-state index < -0.39 is 0 Å². The Bertz CT molecular complexity index is 311. The van der Waals surface area contributed by atoms with Gasteiger partial charge in [0.15, 0.2) is 0 Å². The summed E-state index contributed by atoms with van der Waals surface area (Å²) in [5, 5.41) is 0.619. The average Bonchev–Trinajstić information content (AvgIpc) is 2.25. The highest BCUT2D eigenvalue weighted by atomic mass is 35.5. The summed E-state index contributed by atoms with van der Waals surface area (Å²) in [7, 11) is 0. The summed E-state index contributed by atoms with van der Waals surface area (Å²) in [6.07, 6.45) is 2.92. The molecule has 15 heavy (non-hydrogen) atoms. The Labute approximate surface area is 99.0 Å². The number of ether oxygens (including phenoxy) is 1. The molecule has 0 bridgehead atoms. The van der Waals surface area contributed by atoms with E-state index in [2.05, 4.69) is 0 Å². The van der Waals surface area contributed by atoms with Crippen LogP contribution in [-0.4, -0.2) is 24.6 Å². The van der Waals surface area contributed by atoms with Crippen LogP contribution in [0.3, 0.4) is 0 Å². The second-order valence-electron chi connectivity index (χ2n) is 2.99. The van der Waals surface area contributed by atoms with Crippen molar-refractivity contribution >= 4 is 29.3 Å². The molecule has 82 valence electrons. The van der Waals surface area contributed by atoms with Gasteiger partial charge in [-0.05, 0) is 42.7 Å². The maximum absolute atomic E-state index is 11.4. The number of halogens is 1. The minimum absolute atomic E-state index is 0.284. The van der Waals surface area contributed by atoms with Gasteiger partial charge >= 0.3 is 5.97 Å². The van der Waals surface area contributed by atoms with Crippen LogP contribution >= 0.6 is 23.4 Å². The highest BCUT2D eigenvalue weighted by Gasteiger charge is 2.05. The molecule has 0 N–H and O–H groups in total. The van der Waals surface area contributed by atoms with Crippen LogP contribution in [0.15, 0.2) is 24.3 Å². The normalized spacial score (nSPS) is 10.0. The van der Waals surface area contributed by atoms with Gasteiger partial charge in [0.1, 0.15) is 0 Å². The molecule has 4 heteroatoms. The molecular weight excluding hydrogens is 232 g/mol. The van der Waals surface area contributed by atoms with Gasteiger partial charge in [-0.25, -0.2) is 4.79 Å². The van der Waals surface area contributed by atoms with E-state index in [-0.39, 0.29) is 5.97 Å². The zero-order chi connectivity index (χ0) is 11.1. The van der Waals surface area contributed by atoms with E-state index in [9.17, 15) is 4.79 Å². The Morgan fingerprint density at radius 1 is 1.40 bits per heavy atom. The summed E-state index contributed by atoms with van der Waals surface area (Å²) in [6, 6.07) is 6.69. The van der Waals surface area contributed by atoms with E-state index in [1.54, 1.807) is 36.0 Å². The third kappa shape index (κ3) is 4.58. The number of hydrogen-bond acceptors (Lipinski definition) is 3. The zero-order valence-electron chi connectivity index (χ0n) is 8.53. The predicted molar refractivity (Wildman–Crippen MR) is 64.7 cm³/mol. The standard InChI is InChI=1S/C11H13ClO2S/c1-15-8-2-7-14-11(13)9-3-5-10(12)6-4-9/h3-6H,2,7-8H2,1H3. The van der Waals surface area contributed by atoms with Gasteiger partial charge in [0.05, 0.1) is 12.2 Å². The van der Waals surface area contributed by atoms with E-state index in [1.165, 1.54) is 0 Å². The van der Waals surface area contributed by atoms with Crippen molar-refractivity contribution in [1.29, 1.82) is 0 Å². The van der Waals surface area contributed by atoms with Crippen LogP contribution in [0.4, 0.5) is 0 Å². The SMILES string of the molecule is CSCCCOC(=O)c1ccc(Cl)cc1. The number of carbonyl (C=O) groups excluding carboxylic acids is 1. The second-order valence-corrected chi connectivity index (χ2v) is 4.41. The van der Waals surface area contributed by atoms with Gasteiger partial charge in [-0.1, -0.05) is 11.6 Å². The molecule has 0 fully saturated rings. The third-order valence-corrected chi connectivity index (χ3v) is 2.75. The van der Waals surface area contributed by atoms with Crippen molar-refractivity contribution in [1.82, 2.24) is 0 Å². The summed E-state index contributed by atoms with van der Waals surface area (Å²) in [6.45, 7) is 0.475.